The normalized spacial score (nSPS) is 16.2. The molecular formula is C13H14. The summed E-state index contributed by atoms with van der Waals surface area (Å²) in [5, 5.41) is 0. The first-order valence-electron chi connectivity index (χ1n) is 4.81. The fourth-order valence-corrected chi connectivity index (χ4v) is 1.78. The number of fused-ring (bicyclic) bond motifs is 1. The van der Waals surface area contributed by atoms with Crippen molar-refractivity contribution in [1.82, 2.24) is 0 Å². The molecule has 0 amide bonds. The van der Waals surface area contributed by atoms with Crippen LogP contribution in [0.1, 0.15) is 24.0 Å². The van der Waals surface area contributed by atoms with Crippen LogP contribution in [0, 0.1) is 0 Å². The molecule has 0 atom stereocenters. The van der Waals surface area contributed by atoms with E-state index in [1.165, 1.54) is 30.4 Å². The van der Waals surface area contributed by atoms with Crippen molar-refractivity contribution in [3.8, 4) is 0 Å². The summed E-state index contributed by atoms with van der Waals surface area (Å²) in [4.78, 5) is 0. The van der Waals surface area contributed by atoms with Gasteiger partial charge in [0.15, 0.2) is 0 Å². The summed E-state index contributed by atoms with van der Waals surface area (Å²) in [5.41, 5.74) is 3.91. The van der Waals surface area contributed by atoms with Crippen LogP contribution in [-0.2, 0) is 6.42 Å². The monoisotopic (exact) mass is 170 g/mol. The molecule has 0 fully saturated rings. The minimum atomic E-state index is 1.15. The molecular weight excluding hydrogens is 156 g/mol. The zero-order chi connectivity index (χ0) is 9.10. The Balaban J connectivity index is 2.46. The second-order valence-electron chi connectivity index (χ2n) is 3.48. The molecule has 0 heteroatoms. The van der Waals surface area contributed by atoms with Gasteiger partial charge in [-0.3, -0.25) is 0 Å². The smallest absolute Gasteiger partial charge is 0.0158 e. The van der Waals surface area contributed by atoms with Crippen LogP contribution in [0.15, 0.2) is 43.0 Å². The molecule has 0 spiro atoms. The second kappa shape index (κ2) is 3.61. The van der Waals surface area contributed by atoms with E-state index in [0.29, 0.717) is 0 Å². The molecule has 0 heterocycles. The van der Waals surface area contributed by atoms with Gasteiger partial charge in [0.2, 0.25) is 0 Å². The third-order valence-corrected chi connectivity index (χ3v) is 2.50. The van der Waals surface area contributed by atoms with Crippen molar-refractivity contribution in [1.29, 1.82) is 0 Å². The van der Waals surface area contributed by atoms with Crippen LogP contribution >= 0.6 is 0 Å². The first-order chi connectivity index (χ1) is 6.38. The van der Waals surface area contributed by atoms with Gasteiger partial charge in [0, 0.05) is 0 Å². The Kier molecular flexibility index (Phi) is 2.31. The quantitative estimate of drug-likeness (QED) is 0.558. The van der Waals surface area contributed by atoms with Crippen molar-refractivity contribution in [2.45, 2.75) is 19.3 Å². The van der Waals surface area contributed by atoms with Gasteiger partial charge in [0.1, 0.15) is 0 Å². The van der Waals surface area contributed by atoms with Crippen molar-refractivity contribution in [2.24, 2.45) is 0 Å². The molecule has 0 bridgehead atoms. The van der Waals surface area contributed by atoms with Gasteiger partial charge in [-0.25, -0.2) is 0 Å². The minimum absolute atomic E-state index is 1.15. The number of aryl methyl sites for hydroxylation is 1. The lowest BCUT2D eigenvalue weighted by atomic mass is 9.94. The van der Waals surface area contributed by atoms with Crippen LogP contribution in [-0.4, -0.2) is 0 Å². The Hall–Kier alpha value is -1.30. The van der Waals surface area contributed by atoms with Gasteiger partial charge in [-0.05, 0) is 36.0 Å². The molecule has 0 nitrogen and oxygen atoms in total. The number of benzene rings is 1. The fourth-order valence-electron chi connectivity index (χ4n) is 1.78. The van der Waals surface area contributed by atoms with Gasteiger partial charge in [0.25, 0.3) is 0 Å². The molecule has 13 heavy (non-hydrogen) atoms. The first-order valence-corrected chi connectivity index (χ1v) is 4.81. The van der Waals surface area contributed by atoms with E-state index in [9.17, 15) is 0 Å². The lowest BCUT2D eigenvalue weighted by Crippen LogP contribution is -1.94. The fraction of sp³-hybridized carbons (Fsp3) is 0.231. The van der Waals surface area contributed by atoms with E-state index in [0.717, 1.165) is 5.57 Å². The molecule has 0 saturated heterocycles. The molecule has 0 N–H and O–H groups in total. The molecule has 2 rings (SSSR count). The van der Waals surface area contributed by atoms with Crippen LogP contribution in [0.2, 0.25) is 0 Å². The number of rotatable bonds is 0. The highest BCUT2D eigenvalue weighted by atomic mass is 14.1. The highest BCUT2D eigenvalue weighted by Gasteiger charge is 2.04. The van der Waals surface area contributed by atoms with Crippen molar-refractivity contribution in [3.05, 3.63) is 54.1 Å². The zero-order valence-corrected chi connectivity index (χ0v) is 7.79. The van der Waals surface area contributed by atoms with Crippen molar-refractivity contribution < 1.29 is 0 Å². The summed E-state index contributed by atoms with van der Waals surface area (Å²) in [6, 6.07) is 8.56. The lowest BCUT2D eigenvalue weighted by molar-refractivity contribution is 0.837. The summed E-state index contributed by atoms with van der Waals surface area (Å²) in [6.07, 6.45) is 7.96. The van der Waals surface area contributed by atoms with E-state index in [1.54, 1.807) is 0 Å². The van der Waals surface area contributed by atoms with Crippen LogP contribution in [0.25, 0.3) is 5.57 Å². The van der Waals surface area contributed by atoms with Gasteiger partial charge in [0.05, 0.1) is 0 Å². The average molecular weight is 170 g/mol. The van der Waals surface area contributed by atoms with Crippen LogP contribution in [0.3, 0.4) is 0 Å². The summed E-state index contributed by atoms with van der Waals surface area (Å²) >= 11 is 0. The largest absolute Gasteiger partial charge is 0.0912 e. The highest BCUT2D eigenvalue weighted by Crippen LogP contribution is 2.22. The Morgan fingerprint density at radius 3 is 2.92 bits per heavy atom. The van der Waals surface area contributed by atoms with Crippen LogP contribution in [0.5, 0.6) is 0 Å². The molecule has 0 unspecified atom stereocenters. The van der Waals surface area contributed by atoms with Gasteiger partial charge in [-0.2, -0.15) is 0 Å². The van der Waals surface area contributed by atoms with Crippen LogP contribution in [0.4, 0.5) is 0 Å². The summed E-state index contributed by atoms with van der Waals surface area (Å²) in [7, 11) is 0. The average Bonchev–Trinajstić information content (AvgIpc) is 2.14. The Morgan fingerprint density at radius 1 is 1.15 bits per heavy atom. The van der Waals surface area contributed by atoms with Gasteiger partial charge in [-0.1, -0.05) is 43.0 Å². The maximum atomic E-state index is 4.07. The van der Waals surface area contributed by atoms with E-state index in [2.05, 4.69) is 43.0 Å². The standard InChI is InChI=1S/C13H14/c1-11-7-3-2-4-8-12-9-5-6-10-13(11)12/h3,5-7,9-10H,1-2,4,8H2. The Morgan fingerprint density at radius 2 is 2.00 bits per heavy atom. The summed E-state index contributed by atoms with van der Waals surface area (Å²) in [6.45, 7) is 4.07. The molecule has 0 aromatic heterocycles. The second-order valence-corrected chi connectivity index (χ2v) is 3.48. The van der Waals surface area contributed by atoms with Crippen molar-refractivity contribution >= 4 is 5.57 Å². The van der Waals surface area contributed by atoms with E-state index in [4.69, 9.17) is 0 Å². The third kappa shape index (κ3) is 1.72. The molecule has 66 valence electrons. The summed E-state index contributed by atoms with van der Waals surface area (Å²) in [5.74, 6) is 0. The van der Waals surface area contributed by atoms with Gasteiger partial charge < -0.3 is 0 Å². The SMILES string of the molecule is C=C1C=CCCCc2ccccc21. The predicted molar refractivity (Wildman–Crippen MR) is 57.6 cm³/mol. The first kappa shape index (κ1) is 8.31. The van der Waals surface area contributed by atoms with Gasteiger partial charge in [-0.15, -0.1) is 0 Å². The van der Waals surface area contributed by atoms with Crippen molar-refractivity contribution in [3.63, 3.8) is 0 Å². The van der Waals surface area contributed by atoms with Crippen molar-refractivity contribution in [2.75, 3.05) is 0 Å². The van der Waals surface area contributed by atoms with E-state index >= 15 is 0 Å². The van der Waals surface area contributed by atoms with E-state index in [1.807, 2.05) is 0 Å². The molecule has 1 aromatic carbocycles. The number of hydrogen-bond acceptors (Lipinski definition) is 0. The predicted octanol–water partition coefficient (Wildman–Crippen LogP) is 3.59. The molecule has 0 aliphatic heterocycles. The van der Waals surface area contributed by atoms with Crippen LogP contribution < -0.4 is 0 Å². The molecule has 0 saturated carbocycles. The maximum absolute atomic E-state index is 4.07. The molecule has 1 aromatic rings. The van der Waals surface area contributed by atoms with Gasteiger partial charge >= 0.3 is 0 Å². The third-order valence-electron chi connectivity index (χ3n) is 2.50. The molecule has 1 aliphatic rings. The number of hydrogen-bond donors (Lipinski definition) is 0. The summed E-state index contributed by atoms with van der Waals surface area (Å²) < 4.78 is 0. The Bertz CT molecular complexity index is 345. The van der Waals surface area contributed by atoms with E-state index in [-0.39, 0.29) is 0 Å². The minimum Gasteiger partial charge on any atom is -0.0912 e. The zero-order valence-electron chi connectivity index (χ0n) is 7.79. The highest BCUT2D eigenvalue weighted by molar-refractivity contribution is 5.74. The van der Waals surface area contributed by atoms with E-state index < -0.39 is 0 Å². The number of allylic oxidation sites excluding steroid dienone is 3. The Labute approximate surface area is 79.6 Å². The maximum Gasteiger partial charge on any atom is -0.0158 e. The molecule has 0 radical (unpaired) electrons. The lowest BCUT2D eigenvalue weighted by Gasteiger charge is -2.11. The topological polar surface area (TPSA) is 0 Å². The molecule has 1 aliphatic carbocycles.